The lowest BCUT2D eigenvalue weighted by molar-refractivity contribution is -0.124. The number of nitrogens with two attached hydrogens (primary N) is 1. The predicted molar refractivity (Wildman–Crippen MR) is 106 cm³/mol. The minimum Gasteiger partial charge on any atom is -0.451 e. The quantitative estimate of drug-likeness (QED) is 0.594. The summed E-state index contributed by atoms with van der Waals surface area (Å²) in [5.74, 6) is -1.20. The highest BCUT2D eigenvalue weighted by Crippen LogP contribution is 2.16. The van der Waals surface area contributed by atoms with E-state index >= 15 is 0 Å². The maximum atomic E-state index is 12.1. The Morgan fingerprint density at radius 1 is 1.07 bits per heavy atom. The molecular formula is C20H19N3O5S. The number of carbonyl (C=O) groups excluding carboxylic acids is 2. The first-order valence-corrected chi connectivity index (χ1v) is 10.2. The highest BCUT2D eigenvalue weighted by Gasteiger charge is 2.15. The SMILES string of the molecule is C[C@@H](NC(=O)COC(=O)c1ccc2ccccc2n1)c1ccc(S(N)(=O)=O)cc1. The van der Waals surface area contributed by atoms with Crippen molar-refractivity contribution in [2.45, 2.75) is 17.9 Å². The number of hydrogen-bond donors (Lipinski definition) is 2. The Morgan fingerprint density at radius 3 is 2.45 bits per heavy atom. The zero-order chi connectivity index (χ0) is 21.0. The monoisotopic (exact) mass is 413 g/mol. The first kappa shape index (κ1) is 20.4. The van der Waals surface area contributed by atoms with Crippen LogP contribution < -0.4 is 10.5 Å². The van der Waals surface area contributed by atoms with Crippen LogP contribution in [0.15, 0.2) is 65.6 Å². The molecule has 0 spiro atoms. The van der Waals surface area contributed by atoms with Gasteiger partial charge >= 0.3 is 5.97 Å². The van der Waals surface area contributed by atoms with Gasteiger partial charge in [0.05, 0.1) is 16.5 Å². The van der Waals surface area contributed by atoms with Gasteiger partial charge in [-0.25, -0.2) is 23.3 Å². The van der Waals surface area contributed by atoms with Crippen molar-refractivity contribution < 1.29 is 22.7 Å². The van der Waals surface area contributed by atoms with Crippen LogP contribution in [-0.2, 0) is 19.6 Å². The van der Waals surface area contributed by atoms with Crippen molar-refractivity contribution in [3.8, 4) is 0 Å². The molecule has 8 nitrogen and oxygen atoms in total. The lowest BCUT2D eigenvalue weighted by atomic mass is 10.1. The van der Waals surface area contributed by atoms with E-state index < -0.39 is 34.5 Å². The van der Waals surface area contributed by atoms with E-state index in [4.69, 9.17) is 9.88 Å². The number of primary sulfonamides is 1. The second kappa shape index (κ2) is 8.38. The molecule has 0 aliphatic carbocycles. The van der Waals surface area contributed by atoms with Gasteiger partial charge in [0, 0.05) is 5.39 Å². The molecule has 1 amide bonds. The minimum absolute atomic E-state index is 0.0170. The summed E-state index contributed by atoms with van der Waals surface area (Å²) in [6, 6.07) is 16.0. The molecule has 0 radical (unpaired) electrons. The fourth-order valence-electron chi connectivity index (χ4n) is 2.70. The number of carbonyl (C=O) groups is 2. The van der Waals surface area contributed by atoms with Crippen LogP contribution in [0.5, 0.6) is 0 Å². The number of benzene rings is 2. The molecule has 0 aliphatic heterocycles. The summed E-state index contributed by atoms with van der Waals surface area (Å²) in [5, 5.41) is 8.63. The number of rotatable bonds is 6. The van der Waals surface area contributed by atoms with Crippen LogP contribution in [0.1, 0.15) is 29.0 Å². The number of esters is 1. The Hall–Kier alpha value is -3.30. The van der Waals surface area contributed by atoms with Gasteiger partial charge < -0.3 is 10.1 Å². The maximum absolute atomic E-state index is 12.1. The second-order valence-corrected chi connectivity index (χ2v) is 7.93. The first-order chi connectivity index (χ1) is 13.7. The number of sulfonamides is 1. The van der Waals surface area contributed by atoms with Crippen LogP contribution in [0.25, 0.3) is 10.9 Å². The number of aromatic nitrogens is 1. The Bertz CT molecular complexity index is 1160. The standard InChI is InChI=1S/C20H19N3O5S/c1-13(14-6-9-16(10-7-14)29(21,26)27)22-19(24)12-28-20(25)18-11-8-15-4-2-3-5-17(15)23-18/h2-11,13H,12H2,1H3,(H,22,24)(H2,21,26,27)/t13-/m1/s1. The van der Waals surface area contributed by atoms with Crippen LogP contribution >= 0.6 is 0 Å². The number of nitrogens with zero attached hydrogens (tertiary/aromatic N) is 1. The van der Waals surface area contributed by atoms with Crippen LogP contribution in [0.3, 0.4) is 0 Å². The van der Waals surface area contributed by atoms with Crippen LogP contribution in [0.4, 0.5) is 0 Å². The third-order valence-electron chi connectivity index (χ3n) is 4.23. The molecule has 0 bridgehead atoms. The summed E-state index contributed by atoms with van der Waals surface area (Å²) in [6.07, 6.45) is 0. The highest BCUT2D eigenvalue weighted by atomic mass is 32.2. The number of para-hydroxylation sites is 1. The number of nitrogens with one attached hydrogen (secondary N) is 1. The van der Waals surface area contributed by atoms with E-state index in [1.807, 2.05) is 18.2 Å². The van der Waals surface area contributed by atoms with Crippen LogP contribution in [0, 0.1) is 0 Å². The molecule has 3 rings (SSSR count). The van der Waals surface area contributed by atoms with Crippen molar-refractivity contribution in [3.63, 3.8) is 0 Å². The molecule has 0 unspecified atom stereocenters. The molecule has 3 aromatic rings. The van der Waals surface area contributed by atoms with Gasteiger partial charge in [0.1, 0.15) is 5.69 Å². The molecule has 150 valence electrons. The molecule has 1 atom stereocenters. The van der Waals surface area contributed by atoms with Gasteiger partial charge in [0.25, 0.3) is 5.91 Å². The van der Waals surface area contributed by atoms with Crippen molar-refractivity contribution in [3.05, 3.63) is 71.9 Å². The average Bonchev–Trinajstić information content (AvgIpc) is 2.71. The first-order valence-electron chi connectivity index (χ1n) is 8.69. The topological polar surface area (TPSA) is 128 Å². The maximum Gasteiger partial charge on any atom is 0.357 e. The summed E-state index contributed by atoms with van der Waals surface area (Å²) < 4.78 is 27.6. The average molecular weight is 413 g/mol. The lowest BCUT2D eigenvalue weighted by Gasteiger charge is -2.14. The molecule has 29 heavy (non-hydrogen) atoms. The van der Waals surface area contributed by atoms with E-state index in [9.17, 15) is 18.0 Å². The fourth-order valence-corrected chi connectivity index (χ4v) is 3.21. The molecule has 9 heteroatoms. The van der Waals surface area contributed by atoms with Gasteiger partial charge in [-0.1, -0.05) is 36.4 Å². The van der Waals surface area contributed by atoms with Crippen LogP contribution in [0.2, 0.25) is 0 Å². The Balaban J connectivity index is 1.56. The minimum atomic E-state index is -3.78. The summed E-state index contributed by atoms with van der Waals surface area (Å²) in [4.78, 5) is 28.4. The molecule has 1 heterocycles. The van der Waals surface area contributed by atoms with Crippen molar-refractivity contribution >= 4 is 32.8 Å². The molecule has 0 saturated carbocycles. The highest BCUT2D eigenvalue weighted by molar-refractivity contribution is 7.89. The van der Waals surface area contributed by atoms with E-state index in [1.165, 1.54) is 18.2 Å². The number of ether oxygens (including phenoxy) is 1. The summed E-state index contributed by atoms with van der Waals surface area (Å²) in [7, 11) is -3.78. The van der Waals surface area contributed by atoms with Crippen molar-refractivity contribution in [2.24, 2.45) is 5.14 Å². The zero-order valence-corrected chi connectivity index (χ0v) is 16.3. The van der Waals surface area contributed by atoms with E-state index in [0.29, 0.717) is 11.1 Å². The molecule has 0 aliphatic rings. The normalized spacial score (nSPS) is 12.3. The van der Waals surface area contributed by atoms with Gasteiger partial charge in [-0.2, -0.15) is 0 Å². The molecule has 2 aromatic carbocycles. The van der Waals surface area contributed by atoms with E-state index in [-0.39, 0.29) is 10.6 Å². The van der Waals surface area contributed by atoms with E-state index in [2.05, 4.69) is 10.3 Å². The smallest absolute Gasteiger partial charge is 0.357 e. The van der Waals surface area contributed by atoms with Gasteiger partial charge in [-0.3, -0.25) is 4.79 Å². The molecule has 0 saturated heterocycles. The number of amides is 1. The molecule has 0 fully saturated rings. The van der Waals surface area contributed by atoms with Gasteiger partial charge in [0.2, 0.25) is 10.0 Å². The van der Waals surface area contributed by atoms with E-state index in [0.717, 1.165) is 5.39 Å². The number of hydrogen-bond acceptors (Lipinski definition) is 6. The lowest BCUT2D eigenvalue weighted by Crippen LogP contribution is -2.31. The molecule has 1 aromatic heterocycles. The Labute approximate surface area is 167 Å². The van der Waals surface area contributed by atoms with Gasteiger partial charge in [0.15, 0.2) is 6.61 Å². The predicted octanol–water partition coefficient (Wildman–Crippen LogP) is 1.92. The molecular weight excluding hydrogens is 394 g/mol. The van der Waals surface area contributed by atoms with Crippen molar-refractivity contribution in [1.82, 2.24) is 10.3 Å². The number of fused-ring (bicyclic) bond motifs is 1. The Morgan fingerprint density at radius 2 is 1.76 bits per heavy atom. The Kier molecular flexibility index (Phi) is 5.90. The summed E-state index contributed by atoms with van der Waals surface area (Å²) >= 11 is 0. The van der Waals surface area contributed by atoms with Crippen molar-refractivity contribution in [1.29, 1.82) is 0 Å². The zero-order valence-electron chi connectivity index (χ0n) is 15.5. The fraction of sp³-hybridized carbons (Fsp3) is 0.150. The second-order valence-electron chi connectivity index (χ2n) is 6.37. The van der Waals surface area contributed by atoms with E-state index in [1.54, 1.807) is 31.2 Å². The largest absolute Gasteiger partial charge is 0.451 e. The molecule has 3 N–H and O–H groups in total. The van der Waals surface area contributed by atoms with Crippen LogP contribution in [-0.4, -0.2) is 31.9 Å². The third kappa shape index (κ3) is 5.15. The summed E-state index contributed by atoms with van der Waals surface area (Å²) in [5.41, 5.74) is 1.44. The summed E-state index contributed by atoms with van der Waals surface area (Å²) in [6.45, 7) is 1.25. The third-order valence-corrected chi connectivity index (χ3v) is 5.16. The van der Waals surface area contributed by atoms with Gasteiger partial charge in [-0.15, -0.1) is 0 Å². The van der Waals surface area contributed by atoms with Crippen molar-refractivity contribution in [2.75, 3.05) is 6.61 Å². The number of pyridine rings is 1. The van der Waals surface area contributed by atoms with Gasteiger partial charge in [-0.05, 0) is 36.8 Å².